The van der Waals surface area contributed by atoms with Crippen molar-refractivity contribution in [1.29, 1.82) is 0 Å². The van der Waals surface area contributed by atoms with Crippen LogP contribution < -0.4 is 5.73 Å². The van der Waals surface area contributed by atoms with Crippen LogP contribution in [0.15, 0.2) is 0 Å². The molecule has 126 valence electrons. The van der Waals surface area contributed by atoms with Gasteiger partial charge < -0.3 is 10.6 Å². The minimum absolute atomic E-state index is 0. The van der Waals surface area contributed by atoms with E-state index >= 15 is 0 Å². The number of hydrogen-bond acceptors (Lipinski definition) is 4. The van der Waals surface area contributed by atoms with E-state index < -0.39 is 10.0 Å². The largest absolute Gasteiger partial charge is 0.346 e. The van der Waals surface area contributed by atoms with Crippen LogP contribution in [0, 0.1) is 5.92 Å². The minimum Gasteiger partial charge on any atom is -0.346 e. The molecule has 0 bridgehead atoms. The Morgan fingerprint density at radius 3 is 2.48 bits per heavy atom. The van der Waals surface area contributed by atoms with Crippen LogP contribution in [0.1, 0.15) is 33.1 Å². The molecule has 0 aromatic carbocycles. The van der Waals surface area contributed by atoms with Crippen LogP contribution in [0.3, 0.4) is 0 Å². The maximum absolute atomic E-state index is 12.0. The lowest BCUT2D eigenvalue weighted by molar-refractivity contribution is -0.130. The van der Waals surface area contributed by atoms with Crippen LogP contribution >= 0.6 is 12.4 Å². The normalized spacial score (nSPS) is 19.3. The highest BCUT2D eigenvalue weighted by Crippen LogP contribution is 2.13. The van der Waals surface area contributed by atoms with E-state index in [1.807, 2.05) is 0 Å². The molecule has 1 fully saturated rings. The van der Waals surface area contributed by atoms with Crippen molar-refractivity contribution in [3.63, 3.8) is 0 Å². The minimum atomic E-state index is -3.10. The average Bonchev–Trinajstić information content (AvgIpc) is 2.71. The summed E-state index contributed by atoms with van der Waals surface area (Å²) in [7, 11) is -1.36. The first-order valence-corrected chi connectivity index (χ1v) is 8.82. The number of nitrogens with zero attached hydrogens (tertiary/aromatic N) is 2. The SMILES string of the molecule is CC(C)C(N)CCN(C)C(=O)CCN1CCCS1(=O)=O.Cl. The highest BCUT2D eigenvalue weighted by molar-refractivity contribution is 7.89. The molecule has 1 rings (SSSR count). The Hall–Kier alpha value is -0.370. The van der Waals surface area contributed by atoms with Crippen molar-refractivity contribution in [1.82, 2.24) is 9.21 Å². The summed E-state index contributed by atoms with van der Waals surface area (Å²) in [5.41, 5.74) is 5.95. The number of sulfonamides is 1. The molecule has 6 nitrogen and oxygen atoms in total. The van der Waals surface area contributed by atoms with Crippen molar-refractivity contribution in [2.75, 3.05) is 32.4 Å². The van der Waals surface area contributed by atoms with Gasteiger partial charge in [0.05, 0.1) is 5.75 Å². The molecular formula is C13H28ClN3O3S. The second kappa shape index (κ2) is 8.92. The number of nitrogens with two attached hydrogens (primary N) is 1. The fraction of sp³-hybridized carbons (Fsp3) is 0.923. The number of halogens is 1. The average molecular weight is 342 g/mol. The second-order valence-corrected chi connectivity index (χ2v) is 7.92. The molecule has 0 spiro atoms. The fourth-order valence-corrected chi connectivity index (χ4v) is 3.68. The van der Waals surface area contributed by atoms with Crippen LogP contribution in [0.5, 0.6) is 0 Å². The van der Waals surface area contributed by atoms with Crippen molar-refractivity contribution in [3.05, 3.63) is 0 Å². The smallest absolute Gasteiger partial charge is 0.223 e. The van der Waals surface area contributed by atoms with E-state index in [1.165, 1.54) is 4.31 Å². The van der Waals surface area contributed by atoms with Gasteiger partial charge in [0.15, 0.2) is 0 Å². The van der Waals surface area contributed by atoms with Crippen LogP contribution in [-0.2, 0) is 14.8 Å². The first-order chi connectivity index (χ1) is 9.24. The van der Waals surface area contributed by atoms with Crippen molar-refractivity contribution in [2.45, 2.75) is 39.2 Å². The molecule has 0 aromatic rings. The third-order valence-electron chi connectivity index (χ3n) is 3.86. The summed E-state index contributed by atoms with van der Waals surface area (Å²) in [5.74, 6) is 0.580. The Morgan fingerprint density at radius 1 is 1.38 bits per heavy atom. The molecule has 1 unspecified atom stereocenters. The van der Waals surface area contributed by atoms with Gasteiger partial charge in [-0.05, 0) is 18.8 Å². The van der Waals surface area contributed by atoms with Gasteiger partial charge in [0.25, 0.3) is 0 Å². The van der Waals surface area contributed by atoms with Gasteiger partial charge in [-0.15, -0.1) is 12.4 Å². The molecule has 8 heteroatoms. The molecule has 0 aliphatic carbocycles. The molecule has 2 N–H and O–H groups in total. The van der Waals surface area contributed by atoms with E-state index in [0.717, 1.165) is 6.42 Å². The highest BCUT2D eigenvalue weighted by Gasteiger charge is 2.28. The molecule has 0 saturated carbocycles. The molecule has 21 heavy (non-hydrogen) atoms. The zero-order chi connectivity index (χ0) is 15.3. The number of carbonyl (C=O) groups is 1. The molecular weight excluding hydrogens is 314 g/mol. The van der Waals surface area contributed by atoms with E-state index in [9.17, 15) is 13.2 Å². The number of rotatable bonds is 7. The Balaban J connectivity index is 0.00000400. The maximum atomic E-state index is 12.0. The first-order valence-electron chi connectivity index (χ1n) is 7.21. The maximum Gasteiger partial charge on any atom is 0.223 e. The quantitative estimate of drug-likeness (QED) is 0.737. The van der Waals surface area contributed by atoms with Crippen LogP contribution in [0.4, 0.5) is 0 Å². The highest BCUT2D eigenvalue weighted by atomic mass is 35.5. The lowest BCUT2D eigenvalue weighted by atomic mass is 10.0. The van der Waals surface area contributed by atoms with Gasteiger partial charge in [-0.2, -0.15) is 0 Å². The van der Waals surface area contributed by atoms with Gasteiger partial charge in [-0.3, -0.25) is 4.79 Å². The summed E-state index contributed by atoms with van der Waals surface area (Å²) in [6.45, 7) is 5.57. The molecule has 1 saturated heterocycles. The predicted octanol–water partition coefficient (Wildman–Crippen LogP) is 0.666. The summed E-state index contributed by atoms with van der Waals surface area (Å²) in [4.78, 5) is 13.6. The van der Waals surface area contributed by atoms with Crippen LogP contribution in [0.2, 0.25) is 0 Å². The van der Waals surface area contributed by atoms with Crippen LogP contribution in [-0.4, -0.2) is 62.0 Å². The van der Waals surface area contributed by atoms with E-state index in [4.69, 9.17) is 5.73 Å². The van der Waals surface area contributed by atoms with E-state index in [-0.39, 0.29) is 36.5 Å². The molecule has 1 heterocycles. The Morgan fingerprint density at radius 2 is 2.00 bits per heavy atom. The van der Waals surface area contributed by atoms with Crippen LogP contribution in [0.25, 0.3) is 0 Å². The molecule has 1 aliphatic heterocycles. The molecule has 1 amide bonds. The summed E-state index contributed by atoms with van der Waals surface area (Å²) in [6.07, 6.45) is 1.67. The Bertz CT molecular complexity index is 428. The second-order valence-electron chi connectivity index (χ2n) is 5.83. The predicted molar refractivity (Wildman–Crippen MR) is 86.9 cm³/mol. The Labute approximate surface area is 134 Å². The Kier molecular flexibility index (Phi) is 8.77. The molecule has 1 aliphatic rings. The third kappa shape index (κ3) is 6.50. The van der Waals surface area contributed by atoms with Crippen molar-refractivity contribution < 1.29 is 13.2 Å². The van der Waals surface area contributed by atoms with E-state index in [1.54, 1.807) is 11.9 Å². The number of hydrogen-bond donors (Lipinski definition) is 1. The third-order valence-corrected chi connectivity index (χ3v) is 5.81. The lowest BCUT2D eigenvalue weighted by Crippen LogP contribution is -2.36. The van der Waals surface area contributed by atoms with E-state index in [0.29, 0.717) is 32.0 Å². The van der Waals surface area contributed by atoms with Gasteiger partial charge in [0.2, 0.25) is 15.9 Å². The standard InChI is InChI=1S/C13H27N3O3S.ClH/c1-11(2)12(14)5-8-15(3)13(17)6-9-16-7-4-10-20(16,18)19;/h11-12H,4-10,14H2,1-3H3;1H. The van der Waals surface area contributed by atoms with Crippen molar-refractivity contribution in [3.8, 4) is 0 Å². The summed E-state index contributed by atoms with van der Waals surface area (Å²) < 4.78 is 24.7. The number of amides is 1. The molecule has 0 aromatic heterocycles. The van der Waals surface area contributed by atoms with Crippen molar-refractivity contribution in [2.24, 2.45) is 11.7 Å². The van der Waals surface area contributed by atoms with Gasteiger partial charge >= 0.3 is 0 Å². The summed E-state index contributed by atoms with van der Waals surface area (Å²) in [6, 6.07) is 0.0872. The lowest BCUT2D eigenvalue weighted by Gasteiger charge is -2.22. The fourth-order valence-electron chi connectivity index (χ4n) is 2.15. The summed E-state index contributed by atoms with van der Waals surface area (Å²) in [5, 5.41) is 0. The van der Waals surface area contributed by atoms with Gasteiger partial charge in [0.1, 0.15) is 0 Å². The van der Waals surface area contributed by atoms with Gasteiger partial charge in [-0.25, -0.2) is 12.7 Å². The zero-order valence-corrected chi connectivity index (χ0v) is 14.8. The molecule has 0 radical (unpaired) electrons. The summed E-state index contributed by atoms with van der Waals surface area (Å²) >= 11 is 0. The monoisotopic (exact) mass is 341 g/mol. The topological polar surface area (TPSA) is 83.7 Å². The van der Waals surface area contributed by atoms with Crippen molar-refractivity contribution >= 4 is 28.3 Å². The van der Waals surface area contributed by atoms with Gasteiger partial charge in [-0.1, -0.05) is 13.8 Å². The first kappa shape index (κ1) is 20.6. The number of carbonyl (C=O) groups excluding carboxylic acids is 1. The zero-order valence-electron chi connectivity index (χ0n) is 13.1. The molecule has 1 atom stereocenters. The van der Waals surface area contributed by atoms with Gasteiger partial charge in [0, 0.05) is 39.1 Å². The van der Waals surface area contributed by atoms with E-state index in [2.05, 4.69) is 13.8 Å².